The molecule has 1 aromatic rings. The Morgan fingerprint density at radius 1 is 1.11 bits per heavy atom. The second-order valence-corrected chi connectivity index (χ2v) is 9.56. The minimum atomic E-state index is -3.55. The van der Waals surface area contributed by atoms with Crippen molar-refractivity contribution in [2.75, 3.05) is 18.4 Å². The number of carboxylic acid groups (broad SMARTS) is 1. The van der Waals surface area contributed by atoms with Gasteiger partial charge in [0.25, 0.3) is 0 Å². The lowest BCUT2D eigenvalue weighted by molar-refractivity contribution is -0.146. The van der Waals surface area contributed by atoms with E-state index >= 15 is 0 Å². The molecule has 1 aliphatic heterocycles. The average molecular weight is 407 g/mol. The second kappa shape index (κ2) is 8.45. The number of piperidine rings is 1. The van der Waals surface area contributed by atoms with Gasteiger partial charge in [0, 0.05) is 18.8 Å². The number of carboxylic acids is 1. The molecule has 8 heteroatoms. The van der Waals surface area contributed by atoms with Gasteiger partial charge in [-0.2, -0.15) is 4.31 Å². The van der Waals surface area contributed by atoms with Crippen LogP contribution in [0.25, 0.3) is 0 Å². The van der Waals surface area contributed by atoms with E-state index in [0.29, 0.717) is 37.5 Å². The predicted octanol–water partition coefficient (Wildman–Crippen LogP) is 2.71. The number of carbonyl (C=O) groups is 2. The summed E-state index contributed by atoms with van der Waals surface area (Å²) in [6.07, 6.45) is 6.20. The maximum atomic E-state index is 12.8. The fourth-order valence-electron chi connectivity index (χ4n) is 3.84. The van der Waals surface area contributed by atoms with E-state index in [-0.39, 0.29) is 10.8 Å². The van der Waals surface area contributed by atoms with Gasteiger partial charge in [-0.25, -0.2) is 8.42 Å². The average Bonchev–Trinajstić information content (AvgIpc) is 2.68. The zero-order valence-electron chi connectivity index (χ0n) is 15.9. The molecule has 3 rings (SSSR count). The first-order valence-electron chi connectivity index (χ1n) is 9.58. The molecular weight excluding hydrogens is 380 g/mol. The highest BCUT2D eigenvalue weighted by Gasteiger charge is 2.34. The molecule has 1 fully saturated rings. The first-order chi connectivity index (χ1) is 13.3. The molecular formula is C20H26N2O5S. The normalized spacial score (nSPS) is 26.0. The molecule has 3 atom stereocenters. The Bertz CT molecular complexity index is 863. The summed E-state index contributed by atoms with van der Waals surface area (Å²) in [6, 6.07) is 6.07. The number of sulfonamides is 1. The van der Waals surface area contributed by atoms with E-state index in [0.717, 1.165) is 12.8 Å². The molecule has 7 nitrogen and oxygen atoms in total. The number of allylic oxidation sites excluding steroid dienone is 2. The van der Waals surface area contributed by atoms with Crippen LogP contribution in [-0.4, -0.2) is 42.8 Å². The van der Waals surface area contributed by atoms with E-state index in [1.165, 1.54) is 16.4 Å². The van der Waals surface area contributed by atoms with Crippen LogP contribution in [0.2, 0.25) is 0 Å². The molecule has 0 spiro atoms. The highest BCUT2D eigenvalue weighted by Crippen LogP contribution is 2.28. The molecule has 0 radical (unpaired) electrons. The number of benzene rings is 1. The Kier molecular flexibility index (Phi) is 6.20. The summed E-state index contributed by atoms with van der Waals surface area (Å²) in [6.45, 7) is 3.09. The molecule has 2 N–H and O–H groups in total. The quantitative estimate of drug-likeness (QED) is 0.732. The van der Waals surface area contributed by atoms with Gasteiger partial charge in [0.1, 0.15) is 0 Å². The van der Waals surface area contributed by atoms with Gasteiger partial charge in [0.2, 0.25) is 15.9 Å². The minimum absolute atomic E-state index is 0.198. The number of carbonyl (C=O) groups excluding carboxylic acids is 1. The second-order valence-electron chi connectivity index (χ2n) is 7.62. The number of nitrogens with zero attached hydrogens (tertiary/aromatic N) is 1. The summed E-state index contributed by atoms with van der Waals surface area (Å²) in [5, 5.41) is 12.0. The summed E-state index contributed by atoms with van der Waals surface area (Å²) < 4.78 is 27.1. The van der Waals surface area contributed by atoms with Crippen LogP contribution in [0.5, 0.6) is 0 Å². The number of hydrogen-bond donors (Lipinski definition) is 2. The SMILES string of the molecule is C[C@@H]1CCCN(S(=O)(=O)c2ccc(NC(=O)[C@H]3CC=CC[C@@H]3C(=O)O)cc2)C1. The van der Waals surface area contributed by atoms with Crippen molar-refractivity contribution in [3.05, 3.63) is 36.4 Å². The highest BCUT2D eigenvalue weighted by atomic mass is 32.2. The van der Waals surface area contributed by atoms with Gasteiger partial charge in [0.15, 0.2) is 0 Å². The minimum Gasteiger partial charge on any atom is -0.481 e. The Balaban J connectivity index is 1.69. The molecule has 1 aliphatic carbocycles. The summed E-state index contributed by atoms with van der Waals surface area (Å²) >= 11 is 0. The highest BCUT2D eigenvalue weighted by molar-refractivity contribution is 7.89. The summed E-state index contributed by atoms with van der Waals surface area (Å²) in [5.74, 6) is -2.39. The molecule has 28 heavy (non-hydrogen) atoms. The molecule has 0 aromatic heterocycles. The Hall–Kier alpha value is -2.19. The smallest absolute Gasteiger partial charge is 0.307 e. The predicted molar refractivity (Wildman–Crippen MR) is 105 cm³/mol. The van der Waals surface area contributed by atoms with Gasteiger partial charge in [0.05, 0.1) is 16.7 Å². The Morgan fingerprint density at radius 3 is 2.36 bits per heavy atom. The lowest BCUT2D eigenvalue weighted by Gasteiger charge is -2.30. The van der Waals surface area contributed by atoms with E-state index < -0.39 is 27.8 Å². The third-order valence-corrected chi connectivity index (χ3v) is 7.35. The summed E-state index contributed by atoms with van der Waals surface area (Å²) in [5.41, 5.74) is 0.453. The Labute approximate surface area is 165 Å². The topological polar surface area (TPSA) is 104 Å². The first kappa shape index (κ1) is 20.5. The molecule has 0 saturated carbocycles. The maximum Gasteiger partial charge on any atom is 0.307 e. The summed E-state index contributed by atoms with van der Waals surface area (Å²) in [7, 11) is -3.55. The van der Waals surface area contributed by atoms with Crippen LogP contribution in [0, 0.1) is 17.8 Å². The third-order valence-electron chi connectivity index (χ3n) is 5.47. The molecule has 0 unspecified atom stereocenters. The van der Waals surface area contributed by atoms with Crippen LogP contribution < -0.4 is 5.32 Å². The molecule has 2 aliphatic rings. The zero-order valence-corrected chi connectivity index (χ0v) is 16.7. The zero-order chi connectivity index (χ0) is 20.3. The van der Waals surface area contributed by atoms with Gasteiger partial charge in [-0.3, -0.25) is 9.59 Å². The van der Waals surface area contributed by atoms with E-state index in [4.69, 9.17) is 0 Å². The Morgan fingerprint density at radius 2 is 1.75 bits per heavy atom. The molecule has 1 aromatic carbocycles. The van der Waals surface area contributed by atoms with Gasteiger partial charge in [-0.15, -0.1) is 0 Å². The lowest BCUT2D eigenvalue weighted by atomic mass is 9.82. The number of anilines is 1. The van der Waals surface area contributed by atoms with Crippen molar-refractivity contribution >= 4 is 27.6 Å². The van der Waals surface area contributed by atoms with Crippen LogP contribution in [0.3, 0.4) is 0 Å². The van der Waals surface area contributed by atoms with Gasteiger partial charge in [-0.1, -0.05) is 19.1 Å². The number of rotatable bonds is 5. The van der Waals surface area contributed by atoms with Crippen LogP contribution in [0.15, 0.2) is 41.3 Å². The number of hydrogen-bond acceptors (Lipinski definition) is 4. The van der Waals surface area contributed by atoms with Crippen molar-refractivity contribution in [1.29, 1.82) is 0 Å². The molecule has 1 saturated heterocycles. The molecule has 0 bridgehead atoms. The van der Waals surface area contributed by atoms with Crippen molar-refractivity contribution in [3.8, 4) is 0 Å². The van der Waals surface area contributed by atoms with Gasteiger partial charge < -0.3 is 10.4 Å². The van der Waals surface area contributed by atoms with Crippen molar-refractivity contribution in [3.63, 3.8) is 0 Å². The van der Waals surface area contributed by atoms with E-state index in [2.05, 4.69) is 5.32 Å². The van der Waals surface area contributed by atoms with E-state index in [1.54, 1.807) is 18.2 Å². The van der Waals surface area contributed by atoms with Crippen molar-refractivity contribution in [2.24, 2.45) is 17.8 Å². The largest absolute Gasteiger partial charge is 0.481 e. The molecule has 152 valence electrons. The van der Waals surface area contributed by atoms with Crippen LogP contribution >= 0.6 is 0 Å². The third kappa shape index (κ3) is 4.44. The van der Waals surface area contributed by atoms with Crippen LogP contribution in [-0.2, 0) is 19.6 Å². The first-order valence-corrected chi connectivity index (χ1v) is 11.0. The fourth-order valence-corrected chi connectivity index (χ4v) is 5.43. The van der Waals surface area contributed by atoms with Crippen LogP contribution in [0.4, 0.5) is 5.69 Å². The van der Waals surface area contributed by atoms with E-state index in [9.17, 15) is 23.1 Å². The summed E-state index contributed by atoms with van der Waals surface area (Å²) in [4.78, 5) is 24.1. The standard InChI is InChI=1S/C20H26N2O5S/c1-14-5-4-12-22(13-14)28(26,27)16-10-8-15(9-11-16)21-19(23)17-6-2-3-7-18(17)20(24)25/h2-3,8-11,14,17-18H,4-7,12-13H2,1H3,(H,21,23)(H,24,25)/t14-,17+,18+/m1/s1. The molecule has 1 amide bonds. The van der Waals surface area contributed by atoms with Gasteiger partial charge in [-0.05, 0) is 55.9 Å². The number of amides is 1. The van der Waals surface area contributed by atoms with Crippen molar-refractivity contribution < 1.29 is 23.1 Å². The van der Waals surface area contributed by atoms with Crippen molar-refractivity contribution in [2.45, 2.75) is 37.5 Å². The van der Waals surface area contributed by atoms with Gasteiger partial charge >= 0.3 is 5.97 Å². The lowest BCUT2D eigenvalue weighted by Crippen LogP contribution is -2.39. The monoisotopic (exact) mass is 406 g/mol. The van der Waals surface area contributed by atoms with E-state index in [1.807, 2.05) is 13.0 Å². The maximum absolute atomic E-state index is 12.8. The fraction of sp³-hybridized carbons (Fsp3) is 0.500. The molecule has 1 heterocycles. The van der Waals surface area contributed by atoms with Crippen LogP contribution in [0.1, 0.15) is 32.6 Å². The number of aliphatic carboxylic acids is 1. The number of nitrogens with one attached hydrogen (secondary N) is 1. The van der Waals surface area contributed by atoms with Crippen molar-refractivity contribution in [1.82, 2.24) is 4.31 Å².